The van der Waals surface area contributed by atoms with Gasteiger partial charge in [-0.15, -0.1) is 0 Å². The maximum atomic E-state index is 12.2. The Morgan fingerprint density at radius 2 is 2.22 bits per heavy atom. The summed E-state index contributed by atoms with van der Waals surface area (Å²) in [5.41, 5.74) is 0. The van der Waals surface area contributed by atoms with E-state index in [4.69, 9.17) is 16.7 Å². The van der Waals surface area contributed by atoms with E-state index in [0.717, 1.165) is 0 Å². The smallest absolute Gasteiger partial charge is 0.303 e. The van der Waals surface area contributed by atoms with Crippen LogP contribution in [0.25, 0.3) is 0 Å². The highest BCUT2D eigenvalue weighted by atomic mass is 35.5. The molecule has 7 nitrogen and oxygen atoms in total. The predicted octanol–water partition coefficient (Wildman–Crippen LogP) is 0.169. The molecule has 1 aromatic heterocycles. The molecule has 0 amide bonds. The molecule has 0 spiro atoms. The number of carboxylic acid groups (broad SMARTS) is 1. The standard InChI is InChI=1S/C9H12ClN3O4S/c1-12-9(7(10)3-11-12)18(16,17)13-4-6(5-13)2-8(14)15/h3,6H,2,4-5H2,1H3,(H,14,15). The Bertz CT molecular complexity index is 557. The second-order valence-electron chi connectivity index (χ2n) is 4.21. The number of aliphatic carboxylic acids is 1. The Morgan fingerprint density at radius 3 is 2.67 bits per heavy atom. The molecule has 0 aliphatic carbocycles. The van der Waals surface area contributed by atoms with Crippen LogP contribution in [0.3, 0.4) is 0 Å². The lowest BCUT2D eigenvalue weighted by Crippen LogP contribution is -2.50. The van der Waals surface area contributed by atoms with Crippen molar-refractivity contribution in [3.05, 3.63) is 11.2 Å². The highest BCUT2D eigenvalue weighted by Crippen LogP contribution is 2.30. The van der Waals surface area contributed by atoms with Gasteiger partial charge in [0, 0.05) is 20.1 Å². The first-order valence-corrected chi connectivity index (χ1v) is 7.03. The predicted molar refractivity (Wildman–Crippen MR) is 62.7 cm³/mol. The zero-order chi connectivity index (χ0) is 13.5. The summed E-state index contributed by atoms with van der Waals surface area (Å²) in [4.78, 5) is 10.5. The largest absolute Gasteiger partial charge is 0.481 e. The summed E-state index contributed by atoms with van der Waals surface area (Å²) >= 11 is 5.79. The third-order valence-corrected chi connectivity index (χ3v) is 5.15. The number of halogens is 1. The summed E-state index contributed by atoms with van der Waals surface area (Å²) in [5.74, 6) is -1.06. The topological polar surface area (TPSA) is 92.5 Å². The van der Waals surface area contributed by atoms with E-state index in [1.807, 2.05) is 0 Å². The maximum absolute atomic E-state index is 12.2. The molecule has 0 aromatic carbocycles. The zero-order valence-electron chi connectivity index (χ0n) is 9.58. The number of carbonyl (C=O) groups is 1. The van der Waals surface area contributed by atoms with Gasteiger partial charge in [-0.2, -0.15) is 9.40 Å². The summed E-state index contributed by atoms with van der Waals surface area (Å²) in [6.07, 6.45) is 1.24. The molecule has 1 N–H and O–H groups in total. The molecule has 1 aromatic rings. The van der Waals surface area contributed by atoms with Crippen molar-refractivity contribution in [1.29, 1.82) is 0 Å². The van der Waals surface area contributed by atoms with Gasteiger partial charge in [0.2, 0.25) is 0 Å². The number of aromatic nitrogens is 2. The Kier molecular flexibility index (Phi) is 3.35. The number of carboxylic acids is 1. The molecule has 0 atom stereocenters. The van der Waals surface area contributed by atoms with E-state index in [0.29, 0.717) is 0 Å². The fourth-order valence-corrected chi connectivity index (χ4v) is 4.10. The van der Waals surface area contributed by atoms with Crippen molar-refractivity contribution in [2.45, 2.75) is 11.4 Å². The van der Waals surface area contributed by atoms with E-state index < -0.39 is 16.0 Å². The van der Waals surface area contributed by atoms with E-state index in [1.54, 1.807) is 0 Å². The zero-order valence-corrected chi connectivity index (χ0v) is 11.1. The van der Waals surface area contributed by atoms with Crippen LogP contribution in [0.5, 0.6) is 0 Å². The maximum Gasteiger partial charge on any atom is 0.303 e. The number of hydrogen-bond donors (Lipinski definition) is 1. The Labute approximate surface area is 109 Å². The highest BCUT2D eigenvalue weighted by Gasteiger charge is 2.40. The normalized spacial score (nSPS) is 17.7. The van der Waals surface area contributed by atoms with Gasteiger partial charge < -0.3 is 5.11 Å². The highest BCUT2D eigenvalue weighted by molar-refractivity contribution is 7.89. The van der Waals surface area contributed by atoms with E-state index in [1.165, 1.54) is 22.2 Å². The van der Waals surface area contributed by atoms with E-state index in [2.05, 4.69) is 5.10 Å². The van der Waals surface area contributed by atoms with Gasteiger partial charge in [0.1, 0.15) is 0 Å². The first kappa shape index (κ1) is 13.3. The molecule has 0 saturated carbocycles. The van der Waals surface area contributed by atoms with Crippen LogP contribution in [-0.4, -0.2) is 46.7 Å². The molecule has 1 aliphatic rings. The van der Waals surface area contributed by atoms with E-state index in [9.17, 15) is 13.2 Å². The van der Waals surface area contributed by atoms with Gasteiger partial charge in [-0.05, 0) is 5.92 Å². The molecule has 1 saturated heterocycles. The summed E-state index contributed by atoms with van der Waals surface area (Å²) in [6, 6.07) is 0. The lowest BCUT2D eigenvalue weighted by Gasteiger charge is -2.37. The average molecular weight is 294 g/mol. The van der Waals surface area contributed by atoms with Crippen molar-refractivity contribution < 1.29 is 18.3 Å². The monoisotopic (exact) mass is 293 g/mol. The third kappa shape index (κ3) is 2.23. The molecule has 18 heavy (non-hydrogen) atoms. The van der Waals surface area contributed by atoms with Crippen LogP contribution in [-0.2, 0) is 21.9 Å². The SMILES string of the molecule is Cn1ncc(Cl)c1S(=O)(=O)N1CC(CC(=O)O)C1. The first-order valence-electron chi connectivity index (χ1n) is 5.22. The van der Waals surface area contributed by atoms with Crippen LogP contribution in [0, 0.1) is 5.92 Å². The Balaban J connectivity index is 2.14. The van der Waals surface area contributed by atoms with Gasteiger partial charge in [-0.25, -0.2) is 8.42 Å². The van der Waals surface area contributed by atoms with Crippen molar-refractivity contribution >= 4 is 27.6 Å². The number of nitrogens with zero attached hydrogens (tertiary/aromatic N) is 3. The van der Waals surface area contributed by atoms with Gasteiger partial charge >= 0.3 is 5.97 Å². The summed E-state index contributed by atoms with van der Waals surface area (Å²) < 4.78 is 26.8. The summed E-state index contributed by atoms with van der Waals surface area (Å²) in [7, 11) is -2.19. The number of rotatable bonds is 4. The lowest BCUT2D eigenvalue weighted by atomic mass is 10.00. The van der Waals surface area contributed by atoms with Crippen molar-refractivity contribution in [2.24, 2.45) is 13.0 Å². The fraction of sp³-hybridized carbons (Fsp3) is 0.556. The van der Waals surface area contributed by atoms with Gasteiger partial charge in [-0.3, -0.25) is 9.48 Å². The average Bonchev–Trinajstić information content (AvgIpc) is 2.51. The van der Waals surface area contributed by atoms with Crippen LogP contribution >= 0.6 is 11.6 Å². The third-order valence-electron chi connectivity index (χ3n) is 2.81. The molecule has 2 rings (SSSR count). The number of aryl methyl sites for hydroxylation is 1. The second-order valence-corrected chi connectivity index (χ2v) is 6.47. The summed E-state index contributed by atoms with van der Waals surface area (Å²) in [5, 5.41) is 12.4. The van der Waals surface area contributed by atoms with Crippen LogP contribution in [0.1, 0.15) is 6.42 Å². The van der Waals surface area contributed by atoms with Crippen LogP contribution < -0.4 is 0 Å². The molecule has 100 valence electrons. The molecule has 1 aliphatic heterocycles. The van der Waals surface area contributed by atoms with Gasteiger partial charge in [0.05, 0.1) is 17.6 Å². The van der Waals surface area contributed by atoms with Crippen molar-refractivity contribution in [3.63, 3.8) is 0 Å². The Morgan fingerprint density at radius 1 is 1.61 bits per heavy atom. The molecule has 9 heteroatoms. The molecule has 0 radical (unpaired) electrons. The number of sulfonamides is 1. The minimum Gasteiger partial charge on any atom is -0.481 e. The molecular weight excluding hydrogens is 282 g/mol. The van der Waals surface area contributed by atoms with Crippen LogP contribution in [0.4, 0.5) is 0 Å². The second kappa shape index (κ2) is 4.52. The van der Waals surface area contributed by atoms with Gasteiger partial charge in [0.25, 0.3) is 10.0 Å². The minimum atomic E-state index is -3.68. The first-order chi connectivity index (χ1) is 8.32. The lowest BCUT2D eigenvalue weighted by molar-refractivity contribution is -0.139. The molecule has 2 heterocycles. The van der Waals surface area contributed by atoms with E-state index in [-0.39, 0.29) is 35.5 Å². The van der Waals surface area contributed by atoms with Crippen LogP contribution in [0.15, 0.2) is 11.2 Å². The van der Waals surface area contributed by atoms with Crippen molar-refractivity contribution in [1.82, 2.24) is 14.1 Å². The van der Waals surface area contributed by atoms with Crippen LogP contribution in [0.2, 0.25) is 5.02 Å². The quantitative estimate of drug-likeness (QED) is 0.854. The molecule has 0 unspecified atom stereocenters. The van der Waals surface area contributed by atoms with Crippen molar-refractivity contribution in [3.8, 4) is 0 Å². The molecule has 0 bridgehead atoms. The molecule has 1 fully saturated rings. The van der Waals surface area contributed by atoms with Gasteiger partial charge in [0.15, 0.2) is 5.03 Å². The minimum absolute atomic E-state index is 0.0227. The Hall–Kier alpha value is -1.12. The molecular formula is C9H12ClN3O4S. The number of hydrogen-bond acceptors (Lipinski definition) is 4. The fourth-order valence-electron chi connectivity index (χ4n) is 1.91. The van der Waals surface area contributed by atoms with Gasteiger partial charge in [-0.1, -0.05) is 11.6 Å². The van der Waals surface area contributed by atoms with E-state index >= 15 is 0 Å². The summed E-state index contributed by atoms with van der Waals surface area (Å²) in [6.45, 7) is 0.409. The van der Waals surface area contributed by atoms with Crippen molar-refractivity contribution in [2.75, 3.05) is 13.1 Å².